The van der Waals surface area contributed by atoms with E-state index >= 15 is 0 Å². The lowest BCUT2D eigenvalue weighted by Crippen LogP contribution is -2.38. The molecule has 0 bridgehead atoms. The highest BCUT2D eigenvalue weighted by molar-refractivity contribution is 14.1. The van der Waals surface area contributed by atoms with E-state index < -0.39 is 0 Å². The molecule has 102 valence electrons. The number of halogens is 2. The minimum absolute atomic E-state index is 0.0422. The lowest BCUT2D eigenvalue weighted by Gasteiger charge is -2.29. The van der Waals surface area contributed by atoms with Crippen molar-refractivity contribution in [1.29, 1.82) is 0 Å². The van der Waals surface area contributed by atoms with Crippen LogP contribution in [0.5, 0.6) is 5.75 Å². The number of ether oxygens (including phenoxy) is 1. The molecule has 0 radical (unpaired) electrons. The van der Waals surface area contributed by atoms with Gasteiger partial charge < -0.3 is 9.64 Å². The molecule has 0 N–H and O–H groups in total. The number of hydrogen-bond acceptors (Lipinski definition) is 2. The number of anilines is 1. The van der Waals surface area contributed by atoms with E-state index in [0.717, 1.165) is 20.6 Å². The monoisotopic (exact) mass is 399 g/mol. The fourth-order valence-electron chi connectivity index (χ4n) is 2.17. The van der Waals surface area contributed by atoms with E-state index in [0.29, 0.717) is 11.6 Å². The van der Waals surface area contributed by atoms with Crippen LogP contribution in [-0.2, 0) is 11.3 Å². The Balaban J connectivity index is 1.97. The van der Waals surface area contributed by atoms with Crippen molar-refractivity contribution in [3.63, 3.8) is 0 Å². The number of carbonyl (C=O) groups is 1. The van der Waals surface area contributed by atoms with Crippen LogP contribution >= 0.6 is 34.2 Å². The first-order chi connectivity index (χ1) is 9.63. The normalized spacial score (nSPS) is 13.9. The van der Waals surface area contributed by atoms with Gasteiger partial charge in [0.25, 0.3) is 5.91 Å². The van der Waals surface area contributed by atoms with E-state index in [1.807, 2.05) is 42.5 Å². The number of benzene rings is 2. The molecule has 3 rings (SSSR count). The Kier molecular flexibility index (Phi) is 3.85. The van der Waals surface area contributed by atoms with Crippen LogP contribution < -0.4 is 9.64 Å². The van der Waals surface area contributed by atoms with Gasteiger partial charge in [0, 0.05) is 8.59 Å². The van der Waals surface area contributed by atoms with E-state index in [4.69, 9.17) is 16.3 Å². The molecule has 0 aromatic heterocycles. The van der Waals surface area contributed by atoms with Crippen molar-refractivity contribution < 1.29 is 9.53 Å². The Labute approximate surface area is 135 Å². The summed E-state index contributed by atoms with van der Waals surface area (Å²) in [7, 11) is 0. The summed E-state index contributed by atoms with van der Waals surface area (Å²) in [5, 5.41) is 0.672. The molecule has 0 unspecified atom stereocenters. The van der Waals surface area contributed by atoms with Gasteiger partial charge in [-0.3, -0.25) is 4.79 Å². The summed E-state index contributed by atoms with van der Waals surface area (Å²) in [6.45, 7) is 0.573. The minimum Gasteiger partial charge on any atom is -0.482 e. The van der Waals surface area contributed by atoms with Crippen molar-refractivity contribution >= 4 is 45.8 Å². The third-order valence-corrected chi connectivity index (χ3v) is 4.00. The Bertz CT molecular complexity index is 675. The molecule has 2 aromatic rings. The maximum atomic E-state index is 12.1. The van der Waals surface area contributed by atoms with E-state index in [-0.39, 0.29) is 12.5 Å². The number of carbonyl (C=O) groups excluding carboxylic acids is 1. The van der Waals surface area contributed by atoms with Crippen molar-refractivity contribution in [2.45, 2.75) is 6.54 Å². The molecule has 1 amide bonds. The van der Waals surface area contributed by atoms with Crippen LogP contribution in [0.2, 0.25) is 5.02 Å². The fraction of sp³-hybridized carbons (Fsp3) is 0.133. The maximum Gasteiger partial charge on any atom is 0.265 e. The van der Waals surface area contributed by atoms with Gasteiger partial charge in [0.1, 0.15) is 5.75 Å². The molecule has 2 aromatic carbocycles. The number of amides is 1. The minimum atomic E-state index is -0.0422. The molecule has 0 atom stereocenters. The summed E-state index contributed by atoms with van der Waals surface area (Å²) in [6, 6.07) is 13.4. The lowest BCUT2D eigenvalue weighted by molar-refractivity contribution is -0.121. The predicted molar refractivity (Wildman–Crippen MR) is 87.3 cm³/mol. The highest BCUT2D eigenvalue weighted by Crippen LogP contribution is 2.34. The number of rotatable bonds is 2. The zero-order chi connectivity index (χ0) is 14.1. The second-order valence-electron chi connectivity index (χ2n) is 4.51. The Morgan fingerprint density at radius 3 is 2.90 bits per heavy atom. The molecule has 3 nitrogen and oxygen atoms in total. The summed E-state index contributed by atoms with van der Waals surface area (Å²) in [5.74, 6) is 0.700. The first-order valence-electron chi connectivity index (χ1n) is 6.10. The third kappa shape index (κ3) is 2.76. The maximum absolute atomic E-state index is 12.1. The van der Waals surface area contributed by atoms with Gasteiger partial charge in [-0.1, -0.05) is 23.7 Å². The summed E-state index contributed by atoms with van der Waals surface area (Å²) >= 11 is 8.22. The molecule has 0 saturated carbocycles. The second-order valence-corrected chi connectivity index (χ2v) is 6.19. The lowest BCUT2D eigenvalue weighted by atomic mass is 10.1. The summed E-state index contributed by atoms with van der Waals surface area (Å²) < 4.78 is 6.53. The molecule has 5 heteroatoms. The highest BCUT2D eigenvalue weighted by Gasteiger charge is 2.25. The first-order valence-corrected chi connectivity index (χ1v) is 7.56. The molecular formula is C15H11ClINO2. The van der Waals surface area contributed by atoms with Crippen LogP contribution in [0.1, 0.15) is 5.56 Å². The van der Waals surface area contributed by atoms with Crippen molar-refractivity contribution in [2.24, 2.45) is 0 Å². The quantitative estimate of drug-likeness (QED) is 0.718. The van der Waals surface area contributed by atoms with Crippen LogP contribution in [0.3, 0.4) is 0 Å². The largest absolute Gasteiger partial charge is 0.482 e. The van der Waals surface area contributed by atoms with E-state index in [1.165, 1.54) is 0 Å². The van der Waals surface area contributed by atoms with Gasteiger partial charge in [0.05, 0.1) is 12.2 Å². The zero-order valence-electron chi connectivity index (χ0n) is 10.5. The molecule has 20 heavy (non-hydrogen) atoms. The van der Waals surface area contributed by atoms with Crippen LogP contribution in [0, 0.1) is 3.57 Å². The van der Waals surface area contributed by atoms with Crippen LogP contribution in [0.15, 0.2) is 42.5 Å². The Morgan fingerprint density at radius 2 is 2.10 bits per heavy atom. The number of nitrogens with zero attached hydrogens (tertiary/aromatic N) is 1. The van der Waals surface area contributed by atoms with Crippen molar-refractivity contribution in [3.05, 3.63) is 56.6 Å². The summed E-state index contributed by atoms with van der Waals surface area (Å²) in [4.78, 5) is 13.9. The SMILES string of the molecule is O=C1COc2ccc(I)cc2N1Cc1cccc(Cl)c1. The van der Waals surface area contributed by atoms with Crippen LogP contribution in [0.25, 0.3) is 0 Å². The van der Waals surface area contributed by atoms with Crippen LogP contribution in [-0.4, -0.2) is 12.5 Å². The smallest absolute Gasteiger partial charge is 0.265 e. The van der Waals surface area contributed by atoms with Gasteiger partial charge in [-0.2, -0.15) is 0 Å². The molecule has 0 aliphatic carbocycles. The molecule has 1 aliphatic heterocycles. The van der Waals surface area contributed by atoms with Crippen molar-refractivity contribution in [3.8, 4) is 5.75 Å². The van der Waals surface area contributed by atoms with E-state index in [9.17, 15) is 4.79 Å². The van der Waals surface area contributed by atoms with Gasteiger partial charge in [-0.15, -0.1) is 0 Å². The average molecular weight is 400 g/mol. The molecule has 1 aliphatic rings. The summed E-state index contributed by atoms with van der Waals surface area (Å²) in [5.41, 5.74) is 1.81. The van der Waals surface area contributed by atoms with Crippen molar-refractivity contribution in [2.75, 3.05) is 11.5 Å². The van der Waals surface area contributed by atoms with Crippen LogP contribution in [0.4, 0.5) is 5.69 Å². The zero-order valence-corrected chi connectivity index (χ0v) is 13.4. The van der Waals surface area contributed by atoms with Gasteiger partial charge in [0.15, 0.2) is 6.61 Å². The van der Waals surface area contributed by atoms with Gasteiger partial charge >= 0.3 is 0 Å². The van der Waals surface area contributed by atoms with Crippen molar-refractivity contribution in [1.82, 2.24) is 0 Å². The molecule has 0 saturated heterocycles. The Hall–Kier alpha value is -1.27. The molecular weight excluding hydrogens is 389 g/mol. The molecule has 0 spiro atoms. The molecule has 0 fully saturated rings. The summed E-state index contributed by atoms with van der Waals surface area (Å²) in [6.07, 6.45) is 0. The van der Waals surface area contributed by atoms with E-state index in [1.54, 1.807) is 4.90 Å². The first kappa shape index (κ1) is 13.7. The van der Waals surface area contributed by atoms with Gasteiger partial charge in [0.2, 0.25) is 0 Å². The average Bonchev–Trinajstić information content (AvgIpc) is 2.42. The topological polar surface area (TPSA) is 29.5 Å². The second kappa shape index (κ2) is 5.61. The number of fused-ring (bicyclic) bond motifs is 1. The van der Waals surface area contributed by atoms with Gasteiger partial charge in [-0.25, -0.2) is 0 Å². The predicted octanol–water partition coefficient (Wildman–Crippen LogP) is 3.87. The van der Waals surface area contributed by atoms with E-state index in [2.05, 4.69) is 22.6 Å². The van der Waals surface area contributed by atoms with Gasteiger partial charge in [-0.05, 0) is 58.5 Å². The third-order valence-electron chi connectivity index (χ3n) is 3.09. The number of hydrogen-bond donors (Lipinski definition) is 0. The highest BCUT2D eigenvalue weighted by atomic mass is 127. The standard InChI is InChI=1S/C15H11ClINO2/c16-11-3-1-2-10(6-11)8-18-13-7-12(17)4-5-14(13)20-9-15(18)19/h1-7H,8-9H2. The Morgan fingerprint density at radius 1 is 1.25 bits per heavy atom. The molecule has 1 heterocycles. The fourth-order valence-corrected chi connectivity index (χ4v) is 2.85.